The predicted octanol–water partition coefficient (Wildman–Crippen LogP) is 3.73. The molecule has 0 atom stereocenters. The number of halogens is 1. The lowest BCUT2D eigenvalue weighted by Gasteiger charge is -2.00. The van der Waals surface area contributed by atoms with Crippen LogP contribution in [-0.2, 0) is 6.42 Å². The van der Waals surface area contributed by atoms with Crippen LogP contribution in [0.15, 0.2) is 54.7 Å². The quantitative estimate of drug-likeness (QED) is 0.709. The minimum absolute atomic E-state index is 0.0111. The molecule has 2 nitrogen and oxygen atoms in total. The fourth-order valence-corrected chi connectivity index (χ4v) is 2.20. The summed E-state index contributed by atoms with van der Waals surface area (Å²) in [5, 5.41) is 0.640. The molecule has 0 aliphatic heterocycles. The van der Waals surface area contributed by atoms with Crippen molar-refractivity contribution in [3.8, 4) is 0 Å². The lowest BCUT2D eigenvalue weighted by molar-refractivity contribution is 0.0994. The second-order valence-electron chi connectivity index (χ2n) is 4.48. The summed E-state index contributed by atoms with van der Waals surface area (Å²) in [5.74, 6) is -0.344. The first-order valence-electron chi connectivity index (χ1n) is 6.08. The van der Waals surface area contributed by atoms with E-state index in [-0.39, 0.29) is 11.6 Å². The third-order valence-corrected chi connectivity index (χ3v) is 3.15. The van der Waals surface area contributed by atoms with Crippen molar-refractivity contribution < 1.29 is 9.18 Å². The van der Waals surface area contributed by atoms with Gasteiger partial charge in [-0.05, 0) is 23.8 Å². The van der Waals surface area contributed by atoms with Gasteiger partial charge in [-0.15, -0.1) is 0 Å². The smallest absolute Gasteiger partial charge is 0.169 e. The molecule has 3 heteroatoms. The fraction of sp³-hybridized carbons (Fsp3) is 0.0625. The number of fused-ring (bicyclic) bond motifs is 1. The molecule has 2 aromatic carbocycles. The van der Waals surface area contributed by atoms with Gasteiger partial charge in [0, 0.05) is 29.1 Å². The Labute approximate surface area is 109 Å². The Morgan fingerprint density at radius 1 is 1.11 bits per heavy atom. The van der Waals surface area contributed by atoms with Crippen molar-refractivity contribution in [3.63, 3.8) is 0 Å². The number of carbonyl (C=O) groups excluding carboxylic acids is 1. The number of hydrogen-bond donors (Lipinski definition) is 1. The number of benzene rings is 2. The highest BCUT2D eigenvalue weighted by atomic mass is 19.1. The van der Waals surface area contributed by atoms with Gasteiger partial charge in [0.05, 0.1) is 0 Å². The van der Waals surface area contributed by atoms with Crippen LogP contribution in [0.25, 0.3) is 10.9 Å². The van der Waals surface area contributed by atoms with Crippen LogP contribution < -0.4 is 0 Å². The van der Waals surface area contributed by atoms with E-state index in [1.165, 1.54) is 12.1 Å². The molecule has 0 saturated heterocycles. The summed E-state index contributed by atoms with van der Waals surface area (Å²) in [6.45, 7) is 0. The van der Waals surface area contributed by atoms with E-state index >= 15 is 0 Å². The molecule has 1 N–H and O–H groups in total. The van der Waals surface area contributed by atoms with Crippen molar-refractivity contribution in [1.29, 1.82) is 0 Å². The molecule has 0 saturated carbocycles. The SMILES string of the molecule is O=C(Cc1ccccc1)c1c[nH]c2ccc(F)cc12. The molecule has 1 aromatic heterocycles. The maximum atomic E-state index is 13.3. The van der Waals surface area contributed by atoms with E-state index in [2.05, 4.69) is 4.98 Å². The Morgan fingerprint density at radius 2 is 1.89 bits per heavy atom. The van der Waals surface area contributed by atoms with Crippen molar-refractivity contribution >= 4 is 16.7 Å². The molecule has 3 aromatic rings. The molecule has 1 heterocycles. The molecule has 3 rings (SSSR count). The van der Waals surface area contributed by atoms with E-state index in [9.17, 15) is 9.18 Å². The van der Waals surface area contributed by atoms with Crippen molar-refractivity contribution in [2.24, 2.45) is 0 Å². The van der Waals surface area contributed by atoms with E-state index in [1.54, 1.807) is 12.3 Å². The number of aromatic amines is 1. The number of aromatic nitrogens is 1. The van der Waals surface area contributed by atoms with Gasteiger partial charge in [0.2, 0.25) is 0 Å². The normalized spacial score (nSPS) is 10.8. The summed E-state index contributed by atoms with van der Waals surface area (Å²) in [5.41, 5.74) is 2.27. The van der Waals surface area contributed by atoms with E-state index in [4.69, 9.17) is 0 Å². The number of hydrogen-bond acceptors (Lipinski definition) is 1. The van der Waals surface area contributed by atoms with Crippen LogP contribution in [0.2, 0.25) is 0 Å². The Balaban J connectivity index is 1.96. The molecule has 0 spiro atoms. The van der Waals surface area contributed by atoms with Gasteiger partial charge in [-0.2, -0.15) is 0 Å². The first kappa shape index (κ1) is 11.7. The van der Waals surface area contributed by atoms with Crippen LogP contribution in [0.5, 0.6) is 0 Å². The van der Waals surface area contributed by atoms with Gasteiger partial charge in [-0.1, -0.05) is 30.3 Å². The topological polar surface area (TPSA) is 32.9 Å². The third kappa shape index (κ3) is 2.27. The number of Topliss-reactive ketones (excluding diaryl/α,β-unsaturated/α-hetero) is 1. The molecule has 0 unspecified atom stereocenters. The molecule has 0 aliphatic rings. The Bertz CT molecular complexity index is 731. The van der Waals surface area contributed by atoms with E-state index in [0.29, 0.717) is 17.4 Å². The zero-order chi connectivity index (χ0) is 13.2. The molecule has 0 bridgehead atoms. The number of rotatable bonds is 3. The summed E-state index contributed by atoms with van der Waals surface area (Å²) < 4.78 is 13.3. The zero-order valence-corrected chi connectivity index (χ0v) is 10.2. The summed E-state index contributed by atoms with van der Waals surface area (Å²) >= 11 is 0. The highest BCUT2D eigenvalue weighted by Crippen LogP contribution is 2.21. The minimum atomic E-state index is -0.333. The summed E-state index contributed by atoms with van der Waals surface area (Å²) in [7, 11) is 0. The highest BCUT2D eigenvalue weighted by molar-refractivity contribution is 6.08. The molecular formula is C16H12FNO. The number of H-pyrrole nitrogens is 1. The van der Waals surface area contributed by atoms with Gasteiger partial charge in [0.15, 0.2) is 5.78 Å². The molecular weight excluding hydrogens is 241 g/mol. The molecule has 19 heavy (non-hydrogen) atoms. The van der Waals surface area contributed by atoms with Crippen molar-refractivity contribution in [2.75, 3.05) is 0 Å². The zero-order valence-electron chi connectivity index (χ0n) is 10.2. The molecule has 0 aliphatic carbocycles. The van der Waals surface area contributed by atoms with E-state index < -0.39 is 0 Å². The number of carbonyl (C=O) groups is 1. The largest absolute Gasteiger partial charge is 0.360 e. The summed E-state index contributed by atoms with van der Waals surface area (Å²) in [6.07, 6.45) is 1.97. The monoisotopic (exact) mass is 253 g/mol. The van der Waals surface area contributed by atoms with Crippen LogP contribution in [-0.4, -0.2) is 10.8 Å². The second-order valence-corrected chi connectivity index (χ2v) is 4.48. The molecule has 0 fully saturated rings. The Kier molecular flexibility index (Phi) is 2.88. The Hall–Kier alpha value is -2.42. The predicted molar refractivity (Wildman–Crippen MR) is 72.7 cm³/mol. The van der Waals surface area contributed by atoms with Gasteiger partial charge in [-0.25, -0.2) is 4.39 Å². The van der Waals surface area contributed by atoms with Crippen LogP contribution in [0.1, 0.15) is 15.9 Å². The van der Waals surface area contributed by atoms with Gasteiger partial charge in [0.1, 0.15) is 5.82 Å². The van der Waals surface area contributed by atoms with Crippen LogP contribution in [0, 0.1) is 5.82 Å². The maximum Gasteiger partial charge on any atom is 0.169 e. The van der Waals surface area contributed by atoms with Gasteiger partial charge in [-0.3, -0.25) is 4.79 Å². The third-order valence-electron chi connectivity index (χ3n) is 3.15. The second kappa shape index (κ2) is 4.69. The number of nitrogens with one attached hydrogen (secondary N) is 1. The summed E-state index contributed by atoms with van der Waals surface area (Å²) in [4.78, 5) is 15.3. The number of ketones is 1. The first-order valence-corrected chi connectivity index (χ1v) is 6.08. The average molecular weight is 253 g/mol. The average Bonchev–Trinajstić information content (AvgIpc) is 2.82. The fourth-order valence-electron chi connectivity index (χ4n) is 2.20. The standard InChI is InChI=1S/C16H12FNO/c17-12-6-7-15-13(9-12)14(10-18-15)16(19)8-11-4-2-1-3-5-11/h1-7,9-10,18H,8H2. The highest BCUT2D eigenvalue weighted by Gasteiger charge is 2.13. The Morgan fingerprint density at radius 3 is 2.68 bits per heavy atom. The van der Waals surface area contributed by atoms with Crippen molar-refractivity contribution in [3.05, 3.63) is 71.7 Å². The van der Waals surface area contributed by atoms with Gasteiger partial charge in [0.25, 0.3) is 0 Å². The van der Waals surface area contributed by atoms with Crippen molar-refractivity contribution in [1.82, 2.24) is 4.98 Å². The minimum Gasteiger partial charge on any atom is -0.360 e. The van der Waals surface area contributed by atoms with Gasteiger partial charge < -0.3 is 4.98 Å². The molecule has 94 valence electrons. The van der Waals surface area contributed by atoms with Gasteiger partial charge >= 0.3 is 0 Å². The van der Waals surface area contributed by atoms with E-state index in [1.807, 2.05) is 30.3 Å². The molecule has 0 amide bonds. The maximum absolute atomic E-state index is 13.3. The first-order chi connectivity index (χ1) is 9.24. The van der Waals surface area contributed by atoms with Crippen LogP contribution in [0.4, 0.5) is 4.39 Å². The van der Waals surface area contributed by atoms with Crippen molar-refractivity contribution in [2.45, 2.75) is 6.42 Å². The summed E-state index contributed by atoms with van der Waals surface area (Å²) in [6, 6.07) is 13.9. The lowest BCUT2D eigenvalue weighted by atomic mass is 10.0. The van der Waals surface area contributed by atoms with Crippen LogP contribution in [0.3, 0.4) is 0 Å². The lowest BCUT2D eigenvalue weighted by Crippen LogP contribution is -2.02. The van der Waals surface area contributed by atoms with E-state index in [0.717, 1.165) is 11.1 Å². The molecule has 0 radical (unpaired) electrons. The van der Waals surface area contributed by atoms with Crippen LogP contribution >= 0.6 is 0 Å².